The van der Waals surface area contributed by atoms with Crippen LogP contribution < -0.4 is 5.32 Å². The maximum atomic E-state index is 13.9. The van der Waals surface area contributed by atoms with Gasteiger partial charge in [-0.25, -0.2) is 8.78 Å². The van der Waals surface area contributed by atoms with Crippen LogP contribution in [-0.2, 0) is 5.41 Å². The summed E-state index contributed by atoms with van der Waals surface area (Å²) in [6.07, 6.45) is 1.61. The van der Waals surface area contributed by atoms with Gasteiger partial charge in [-0.15, -0.1) is 0 Å². The van der Waals surface area contributed by atoms with Crippen LogP contribution in [0.3, 0.4) is 0 Å². The van der Waals surface area contributed by atoms with E-state index in [-0.39, 0.29) is 5.82 Å². The Morgan fingerprint density at radius 3 is 2.52 bits per heavy atom. The number of rotatable bonds is 2. The number of hydrogen-bond donors (Lipinski definition) is 1. The van der Waals surface area contributed by atoms with Gasteiger partial charge >= 0.3 is 0 Å². The molecular weight excluding hydrogens is 320 g/mol. The molecule has 1 N–H and O–H groups in total. The van der Waals surface area contributed by atoms with Crippen molar-refractivity contribution in [3.05, 3.63) is 95.3 Å². The molecule has 5 heteroatoms. The Morgan fingerprint density at radius 1 is 1.00 bits per heavy atom. The second-order valence-electron chi connectivity index (χ2n) is 5.96. The van der Waals surface area contributed by atoms with Crippen LogP contribution in [0.5, 0.6) is 0 Å². The minimum atomic E-state index is -1.21. The largest absolute Gasteiger partial charge is 0.374 e. The van der Waals surface area contributed by atoms with Gasteiger partial charge in [0.2, 0.25) is 0 Å². The van der Waals surface area contributed by atoms with Gasteiger partial charge in [0.25, 0.3) is 0 Å². The SMILES string of the molecule is N#C[C@]1(c2cccc(F)c2)c2ncccc2N[C@@H]1c1ccc(F)cc1. The number of fused-ring (bicyclic) bond motifs is 1. The third-order valence-corrected chi connectivity index (χ3v) is 4.57. The molecule has 1 aliphatic rings. The summed E-state index contributed by atoms with van der Waals surface area (Å²) < 4.78 is 27.2. The van der Waals surface area contributed by atoms with E-state index in [1.807, 2.05) is 6.07 Å². The normalized spacial score (nSPS) is 21.2. The zero-order valence-electron chi connectivity index (χ0n) is 13.1. The lowest BCUT2D eigenvalue weighted by atomic mass is 9.72. The summed E-state index contributed by atoms with van der Waals surface area (Å²) in [5, 5.41) is 13.5. The van der Waals surface area contributed by atoms with Crippen LogP contribution in [-0.4, -0.2) is 4.98 Å². The molecule has 0 bridgehead atoms. The average Bonchev–Trinajstić information content (AvgIpc) is 2.98. The number of halogens is 2. The van der Waals surface area contributed by atoms with Crippen LogP contribution in [0.2, 0.25) is 0 Å². The Kier molecular flexibility index (Phi) is 3.47. The Hall–Kier alpha value is -3.26. The fraction of sp³-hybridized carbons (Fsp3) is 0.100. The molecule has 0 fully saturated rings. The van der Waals surface area contributed by atoms with E-state index < -0.39 is 17.3 Å². The molecule has 1 aromatic heterocycles. The van der Waals surface area contributed by atoms with Crippen molar-refractivity contribution >= 4 is 5.69 Å². The van der Waals surface area contributed by atoms with Crippen LogP contribution >= 0.6 is 0 Å². The molecule has 0 unspecified atom stereocenters. The molecule has 4 rings (SSSR count). The van der Waals surface area contributed by atoms with Gasteiger partial charge in [-0.05, 0) is 47.5 Å². The van der Waals surface area contributed by atoms with Crippen molar-refractivity contribution in [3.63, 3.8) is 0 Å². The highest BCUT2D eigenvalue weighted by Gasteiger charge is 2.51. The van der Waals surface area contributed by atoms with E-state index in [2.05, 4.69) is 16.4 Å². The van der Waals surface area contributed by atoms with Crippen LogP contribution in [0, 0.1) is 23.0 Å². The van der Waals surface area contributed by atoms with Gasteiger partial charge in [0.15, 0.2) is 5.41 Å². The maximum Gasteiger partial charge on any atom is 0.150 e. The van der Waals surface area contributed by atoms with Crippen molar-refractivity contribution in [2.75, 3.05) is 5.32 Å². The molecule has 0 saturated carbocycles. The molecule has 2 atom stereocenters. The third-order valence-electron chi connectivity index (χ3n) is 4.57. The fourth-order valence-corrected chi connectivity index (χ4v) is 3.44. The van der Waals surface area contributed by atoms with Crippen molar-refractivity contribution < 1.29 is 8.78 Å². The van der Waals surface area contributed by atoms with Gasteiger partial charge in [-0.3, -0.25) is 4.98 Å². The number of aromatic nitrogens is 1. The standard InChI is InChI=1S/C20H13F2N3/c21-15-8-6-13(7-9-15)18-20(12-23,14-3-1-4-16(22)11-14)19-17(25-18)5-2-10-24-19/h1-11,18,25H/t18-,20-/m1/s1. The smallest absolute Gasteiger partial charge is 0.150 e. The quantitative estimate of drug-likeness (QED) is 0.759. The van der Waals surface area contributed by atoms with Crippen LogP contribution in [0.15, 0.2) is 66.9 Å². The molecule has 1 aliphatic heterocycles. The fourth-order valence-electron chi connectivity index (χ4n) is 3.44. The van der Waals surface area contributed by atoms with Gasteiger partial charge in [0, 0.05) is 6.20 Å². The van der Waals surface area contributed by atoms with Crippen LogP contribution in [0.4, 0.5) is 14.5 Å². The number of nitriles is 1. The molecule has 2 aromatic carbocycles. The highest BCUT2D eigenvalue weighted by Crippen LogP contribution is 2.51. The molecule has 2 heterocycles. The summed E-state index contributed by atoms with van der Waals surface area (Å²) in [6.45, 7) is 0. The van der Waals surface area contributed by atoms with Gasteiger partial charge in [-0.1, -0.05) is 24.3 Å². The lowest BCUT2D eigenvalue weighted by Crippen LogP contribution is -2.33. The summed E-state index contributed by atoms with van der Waals surface area (Å²) in [4.78, 5) is 4.40. The number of nitrogens with one attached hydrogen (secondary N) is 1. The van der Waals surface area contributed by atoms with Crippen molar-refractivity contribution in [2.45, 2.75) is 11.5 Å². The highest BCUT2D eigenvalue weighted by atomic mass is 19.1. The predicted molar refractivity (Wildman–Crippen MR) is 89.8 cm³/mol. The predicted octanol–water partition coefficient (Wildman–Crippen LogP) is 4.34. The van der Waals surface area contributed by atoms with Gasteiger partial charge in [-0.2, -0.15) is 5.26 Å². The number of pyridine rings is 1. The molecular formula is C20H13F2N3. The molecule has 3 aromatic rings. The van der Waals surface area contributed by atoms with Crippen molar-refractivity contribution in [1.82, 2.24) is 4.98 Å². The number of hydrogen-bond acceptors (Lipinski definition) is 3. The number of benzene rings is 2. The first-order valence-corrected chi connectivity index (χ1v) is 7.80. The van der Waals surface area contributed by atoms with Gasteiger partial charge in [0.1, 0.15) is 11.6 Å². The van der Waals surface area contributed by atoms with Gasteiger partial charge in [0.05, 0.1) is 23.5 Å². The Bertz CT molecular complexity index is 979. The van der Waals surface area contributed by atoms with Crippen LogP contribution in [0.25, 0.3) is 0 Å². The average molecular weight is 333 g/mol. The summed E-state index contributed by atoms with van der Waals surface area (Å²) in [7, 11) is 0. The lowest BCUT2D eigenvalue weighted by molar-refractivity contribution is 0.560. The monoisotopic (exact) mass is 333 g/mol. The van der Waals surface area contributed by atoms with E-state index >= 15 is 0 Å². The van der Waals surface area contributed by atoms with Crippen molar-refractivity contribution in [2.24, 2.45) is 0 Å². The molecule has 0 saturated heterocycles. The highest BCUT2D eigenvalue weighted by molar-refractivity contribution is 5.68. The molecule has 0 amide bonds. The molecule has 0 spiro atoms. The van der Waals surface area contributed by atoms with E-state index in [0.29, 0.717) is 16.9 Å². The lowest BCUT2D eigenvalue weighted by Gasteiger charge is -2.29. The first kappa shape index (κ1) is 15.3. The summed E-state index contributed by atoms with van der Waals surface area (Å²) >= 11 is 0. The maximum absolute atomic E-state index is 13.9. The first-order valence-electron chi connectivity index (χ1n) is 7.80. The second kappa shape index (κ2) is 5.67. The van der Waals surface area contributed by atoms with Crippen LogP contribution in [0.1, 0.15) is 22.9 Å². The Balaban J connectivity index is 1.98. The van der Waals surface area contributed by atoms with Crippen molar-refractivity contribution in [3.8, 4) is 6.07 Å². The molecule has 122 valence electrons. The van der Waals surface area contributed by atoms with E-state index in [9.17, 15) is 14.0 Å². The first-order chi connectivity index (χ1) is 12.1. The summed E-state index contributed by atoms with van der Waals surface area (Å²) in [5.74, 6) is -0.778. The molecule has 0 aliphatic carbocycles. The van der Waals surface area contributed by atoms with Gasteiger partial charge < -0.3 is 5.32 Å². The second-order valence-corrected chi connectivity index (χ2v) is 5.96. The Morgan fingerprint density at radius 2 is 1.80 bits per heavy atom. The number of nitrogens with zero attached hydrogens (tertiary/aromatic N) is 2. The van der Waals surface area contributed by atoms with E-state index in [4.69, 9.17) is 0 Å². The topological polar surface area (TPSA) is 48.7 Å². The molecule has 25 heavy (non-hydrogen) atoms. The van der Waals surface area contributed by atoms with E-state index in [1.54, 1.807) is 36.5 Å². The molecule has 0 radical (unpaired) electrons. The number of anilines is 1. The van der Waals surface area contributed by atoms with E-state index in [1.165, 1.54) is 24.3 Å². The molecule has 3 nitrogen and oxygen atoms in total. The zero-order valence-corrected chi connectivity index (χ0v) is 13.1. The zero-order chi connectivity index (χ0) is 17.4. The Labute approximate surface area is 143 Å². The summed E-state index contributed by atoms with van der Waals surface area (Å²) in [5.41, 5.74) is 1.27. The minimum Gasteiger partial charge on any atom is -0.374 e. The van der Waals surface area contributed by atoms with Crippen molar-refractivity contribution in [1.29, 1.82) is 5.26 Å². The minimum absolute atomic E-state index is 0.356. The van der Waals surface area contributed by atoms with E-state index in [0.717, 1.165) is 5.56 Å². The third kappa shape index (κ3) is 2.26. The summed E-state index contributed by atoms with van der Waals surface area (Å²) in [6, 6.07) is 17.4.